The van der Waals surface area contributed by atoms with Crippen molar-refractivity contribution in [2.45, 2.75) is 0 Å². The van der Waals surface area contributed by atoms with Gasteiger partial charge in [-0.2, -0.15) is 0 Å². The van der Waals surface area contributed by atoms with Gasteiger partial charge in [0.1, 0.15) is 0 Å². The third-order valence-corrected chi connectivity index (χ3v) is 21.2. The topological polar surface area (TPSA) is 129 Å². The fraction of sp³-hybridized carbons (Fsp3) is 0. The van der Waals surface area contributed by atoms with Gasteiger partial charge in [-0.3, -0.25) is 0 Å². The van der Waals surface area contributed by atoms with Gasteiger partial charge in [-0.15, -0.1) is 0 Å². The Bertz CT molecular complexity index is 6830. The van der Waals surface area contributed by atoms with Crippen LogP contribution in [0.3, 0.4) is 0 Å². The summed E-state index contributed by atoms with van der Waals surface area (Å²) in [6.45, 7) is 0. The minimum absolute atomic E-state index is 0.612. The lowest BCUT2D eigenvalue weighted by molar-refractivity contribution is 1.07. The number of rotatable bonds is 18. The van der Waals surface area contributed by atoms with Crippen LogP contribution in [0.25, 0.3) is 203 Å². The van der Waals surface area contributed by atoms with Crippen molar-refractivity contribution in [3.8, 4) is 203 Å². The molecule has 564 valence electrons. The first kappa shape index (κ1) is 73.8. The molecule has 0 unspecified atom stereocenters. The molecular formula is C110H74N10. The van der Waals surface area contributed by atoms with Crippen LogP contribution in [0.2, 0.25) is 0 Å². The van der Waals surface area contributed by atoms with Crippen LogP contribution in [0, 0.1) is 0 Å². The average molecular weight is 1540 g/mol. The molecule has 20 aromatic rings. The molecule has 0 saturated heterocycles. The Morgan fingerprint density at radius 1 is 0.0917 bits per heavy atom. The van der Waals surface area contributed by atoms with E-state index in [1.54, 1.807) is 0 Å². The molecule has 0 spiro atoms. The van der Waals surface area contributed by atoms with Gasteiger partial charge < -0.3 is 0 Å². The monoisotopic (exact) mass is 1530 g/mol. The SMILES string of the molecule is c1ccc(-c2cc(-c3cccc(-c4ccc(-c5nc(-c6ccccc6)nc(-c6ccc(-c7ccccc7-c7ccccc7)cc6)n5)cc4)c3)nc(-c3ccccc3)n2)cc1.c1ccc(-c2cc(-c3cccc(-c4ccc(-c5nc(-c6ccccc6)nc(-c6ccccc6)n5)cc4)c3)nc(-c3cccc(-c4ccccc4-c4ccccc4)c3)n2)cc1. The highest BCUT2D eigenvalue weighted by Gasteiger charge is 2.20. The molecule has 0 aliphatic heterocycles. The first-order chi connectivity index (χ1) is 59.4. The van der Waals surface area contributed by atoms with Crippen molar-refractivity contribution in [3.63, 3.8) is 0 Å². The van der Waals surface area contributed by atoms with Gasteiger partial charge in [0.2, 0.25) is 0 Å². The Morgan fingerprint density at radius 2 is 0.267 bits per heavy atom. The summed E-state index contributed by atoms with van der Waals surface area (Å²) in [5.74, 6) is 5.12. The summed E-state index contributed by atoms with van der Waals surface area (Å²) in [5.41, 5.74) is 28.6. The molecule has 16 aromatic carbocycles. The van der Waals surface area contributed by atoms with Crippen molar-refractivity contribution in [3.05, 3.63) is 449 Å². The second-order valence-corrected chi connectivity index (χ2v) is 29.0. The van der Waals surface area contributed by atoms with Gasteiger partial charge in [-0.05, 0) is 97.1 Å². The Balaban J connectivity index is 0.000000159. The minimum Gasteiger partial charge on any atom is -0.228 e. The number of hydrogen-bond acceptors (Lipinski definition) is 10. The third-order valence-electron chi connectivity index (χ3n) is 21.2. The third kappa shape index (κ3) is 16.5. The van der Waals surface area contributed by atoms with Crippen molar-refractivity contribution in [2.24, 2.45) is 0 Å². The lowest BCUT2D eigenvalue weighted by Crippen LogP contribution is -2.00. The Morgan fingerprint density at radius 3 is 0.575 bits per heavy atom. The van der Waals surface area contributed by atoms with Crippen molar-refractivity contribution in [2.75, 3.05) is 0 Å². The van der Waals surface area contributed by atoms with Crippen molar-refractivity contribution >= 4 is 0 Å². The van der Waals surface area contributed by atoms with E-state index in [0.717, 1.165) is 128 Å². The molecule has 4 aromatic heterocycles. The molecule has 0 N–H and O–H groups in total. The maximum absolute atomic E-state index is 5.24. The second kappa shape index (κ2) is 34.4. The summed E-state index contributed by atoms with van der Waals surface area (Å²) in [7, 11) is 0. The number of nitrogens with zero attached hydrogens (tertiary/aromatic N) is 10. The minimum atomic E-state index is 0.612. The molecule has 120 heavy (non-hydrogen) atoms. The zero-order valence-corrected chi connectivity index (χ0v) is 65.2. The maximum Gasteiger partial charge on any atom is 0.164 e. The molecule has 4 heterocycles. The zero-order chi connectivity index (χ0) is 80.2. The highest BCUT2D eigenvalue weighted by Crippen LogP contribution is 2.40. The number of aromatic nitrogens is 10. The van der Waals surface area contributed by atoms with E-state index in [1.165, 1.54) is 27.8 Å². The number of hydrogen-bond donors (Lipinski definition) is 0. The van der Waals surface area contributed by atoms with Crippen LogP contribution in [0.5, 0.6) is 0 Å². The van der Waals surface area contributed by atoms with E-state index < -0.39 is 0 Å². The lowest BCUT2D eigenvalue weighted by Gasteiger charge is -2.13. The highest BCUT2D eigenvalue weighted by atomic mass is 15.0. The van der Waals surface area contributed by atoms with Crippen LogP contribution >= 0.6 is 0 Å². The molecule has 0 saturated carbocycles. The van der Waals surface area contributed by atoms with Gasteiger partial charge in [0.05, 0.1) is 22.8 Å². The quantitative estimate of drug-likeness (QED) is 0.0819. The predicted octanol–water partition coefficient (Wildman–Crippen LogP) is 27.3. The van der Waals surface area contributed by atoms with Gasteiger partial charge in [0.15, 0.2) is 46.6 Å². The second-order valence-electron chi connectivity index (χ2n) is 29.0. The van der Waals surface area contributed by atoms with Crippen LogP contribution in [-0.2, 0) is 0 Å². The lowest BCUT2D eigenvalue weighted by atomic mass is 9.93. The van der Waals surface area contributed by atoms with Crippen molar-refractivity contribution in [1.29, 1.82) is 0 Å². The first-order valence-electron chi connectivity index (χ1n) is 40.0. The summed E-state index contributed by atoms with van der Waals surface area (Å²) in [6.07, 6.45) is 0. The van der Waals surface area contributed by atoms with Gasteiger partial charge in [-0.25, -0.2) is 49.8 Å². The van der Waals surface area contributed by atoms with Gasteiger partial charge in [0, 0.05) is 66.8 Å². The van der Waals surface area contributed by atoms with Gasteiger partial charge >= 0.3 is 0 Å². The van der Waals surface area contributed by atoms with E-state index in [1.807, 2.05) is 164 Å². The molecule has 0 atom stereocenters. The van der Waals surface area contributed by atoms with E-state index in [4.69, 9.17) is 49.8 Å². The van der Waals surface area contributed by atoms with Crippen LogP contribution in [0.1, 0.15) is 0 Å². The molecule has 0 radical (unpaired) electrons. The molecule has 0 amide bonds. The van der Waals surface area contributed by atoms with E-state index in [0.29, 0.717) is 46.6 Å². The van der Waals surface area contributed by atoms with Crippen molar-refractivity contribution < 1.29 is 0 Å². The summed E-state index contributed by atoms with van der Waals surface area (Å²) in [4.78, 5) is 50.2. The Kier molecular flexibility index (Phi) is 21.2. The predicted molar refractivity (Wildman–Crippen MR) is 489 cm³/mol. The van der Waals surface area contributed by atoms with E-state index in [-0.39, 0.29) is 0 Å². The normalized spacial score (nSPS) is 11.0. The highest BCUT2D eigenvalue weighted by molar-refractivity contribution is 5.88. The van der Waals surface area contributed by atoms with E-state index in [9.17, 15) is 0 Å². The van der Waals surface area contributed by atoms with E-state index >= 15 is 0 Å². The summed E-state index contributed by atoms with van der Waals surface area (Å²) in [5, 5.41) is 0. The molecular weight excluding hydrogens is 1460 g/mol. The van der Waals surface area contributed by atoms with Crippen LogP contribution in [0.4, 0.5) is 0 Å². The Hall–Kier alpha value is -16.3. The van der Waals surface area contributed by atoms with Crippen LogP contribution < -0.4 is 0 Å². The molecule has 0 bridgehead atoms. The summed E-state index contributed by atoms with van der Waals surface area (Å²) in [6, 6.07) is 154. The molecule has 0 fully saturated rings. The largest absolute Gasteiger partial charge is 0.228 e. The van der Waals surface area contributed by atoms with Crippen molar-refractivity contribution in [1.82, 2.24) is 49.8 Å². The maximum atomic E-state index is 5.24. The summed E-state index contributed by atoms with van der Waals surface area (Å²) >= 11 is 0. The molecule has 0 aliphatic rings. The first-order valence-corrected chi connectivity index (χ1v) is 40.0. The zero-order valence-electron chi connectivity index (χ0n) is 65.2. The molecule has 10 nitrogen and oxygen atoms in total. The van der Waals surface area contributed by atoms with Gasteiger partial charge in [0.25, 0.3) is 0 Å². The molecule has 10 heteroatoms. The smallest absolute Gasteiger partial charge is 0.164 e. The average Bonchev–Trinajstić information content (AvgIpc) is 0.777. The van der Waals surface area contributed by atoms with Gasteiger partial charge in [-0.1, -0.05) is 419 Å². The standard InChI is InChI=1S/2C55H37N5/c1-5-17-39(18-6-1)48-29-13-14-30-49(48)45-26-16-28-47(36-45)55-56-50(40-19-7-2-8-20-40)37-51(57-55)46-27-15-25-44(35-46)38-31-33-43(34-32-38)54-59-52(41-21-9-3-10-22-41)58-53(60-54)42-23-11-4-12-24-42;1-5-16-39(17-6-1)48-26-13-14-27-49(48)40-30-34-45(35-31-40)55-59-53(43-22-11-4-12-23-43)58-54(60-55)44-32-28-38(29-33-44)46-24-15-25-47(36-46)51-37-50(41-18-7-2-8-19-41)56-52(57-51)42-20-9-3-10-21-42/h2*1-37H. The van der Waals surface area contributed by atoms with E-state index in [2.05, 4.69) is 285 Å². The molecule has 20 rings (SSSR count). The molecule has 0 aliphatic carbocycles. The number of benzene rings is 16. The Labute approximate surface area is 697 Å². The summed E-state index contributed by atoms with van der Waals surface area (Å²) < 4.78 is 0. The fourth-order valence-electron chi connectivity index (χ4n) is 15.0. The fourth-order valence-corrected chi connectivity index (χ4v) is 15.0. The van der Waals surface area contributed by atoms with Crippen LogP contribution in [0.15, 0.2) is 449 Å². The van der Waals surface area contributed by atoms with Crippen LogP contribution in [-0.4, -0.2) is 49.8 Å².